The van der Waals surface area contributed by atoms with Gasteiger partial charge in [0.05, 0.1) is 23.2 Å². The summed E-state index contributed by atoms with van der Waals surface area (Å²) in [5.41, 5.74) is 1.86. The molecule has 4 aromatic rings. The number of allylic oxidation sites excluding steroid dienone is 2. The Hall–Kier alpha value is -10.1. The number of ketones is 2. The predicted molar refractivity (Wildman–Crippen MR) is 372 cm³/mol. The zero-order valence-electron chi connectivity index (χ0n) is 58.7. The number of aromatic nitrogens is 2. The van der Waals surface area contributed by atoms with Gasteiger partial charge in [0, 0.05) is 85.1 Å². The third kappa shape index (κ3) is 19.7. The third-order valence-electron chi connectivity index (χ3n) is 18.4. The van der Waals surface area contributed by atoms with Crippen LogP contribution in [0.4, 0.5) is 5.69 Å². The highest BCUT2D eigenvalue weighted by Crippen LogP contribution is 2.31. The Morgan fingerprint density at radius 1 is 0.804 bits per heavy atom. The van der Waals surface area contributed by atoms with Gasteiger partial charge in [-0.2, -0.15) is 0 Å². The van der Waals surface area contributed by atoms with E-state index in [1.807, 2.05) is 39.8 Å². The van der Waals surface area contributed by atoms with Gasteiger partial charge in [0.2, 0.25) is 41.3 Å². The Labute approximate surface area is 596 Å². The first-order valence-electron chi connectivity index (χ1n) is 34.2. The van der Waals surface area contributed by atoms with Crippen molar-refractivity contribution in [3.05, 3.63) is 143 Å². The van der Waals surface area contributed by atoms with Gasteiger partial charge in [-0.3, -0.25) is 47.9 Å². The Bertz CT molecular complexity index is 3870. The van der Waals surface area contributed by atoms with Crippen molar-refractivity contribution in [1.29, 1.82) is 0 Å². The molecule has 0 unspecified atom stereocenters. The van der Waals surface area contributed by atoms with E-state index in [0.29, 0.717) is 42.1 Å². The highest BCUT2D eigenvalue weighted by molar-refractivity contribution is 6.33. The number of ether oxygens (including phenoxy) is 2. The number of pyridine rings is 1. The molecule has 7 heterocycles. The van der Waals surface area contributed by atoms with E-state index in [1.54, 1.807) is 86.7 Å². The summed E-state index contributed by atoms with van der Waals surface area (Å²) < 4.78 is 17.1. The molecule has 546 valence electrons. The average Bonchev–Trinajstić information content (AvgIpc) is 1.74. The number of piperidine rings is 1. The number of fused-ring (bicyclic) bond motifs is 5. The van der Waals surface area contributed by atoms with Gasteiger partial charge < -0.3 is 69.9 Å². The Balaban J connectivity index is 0.000000296. The van der Waals surface area contributed by atoms with Gasteiger partial charge in [-0.05, 0) is 93.3 Å². The summed E-state index contributed by atoms with van der Waals surface area (Å²) in [6, 6.07) is 6.91. The second-order valence-electron chi connectivity index (χ2n) is 26.6. The molecule has 0 spiro atoms. The maximum atomic E-state index is 15.0. The van der Waals surface area contributed by atoms with Crippen LogP contribution in [0.25, 0.3) is 0 Å². The minimum Gasteiger partial charge on any atom is -0.505 e. The minimum atomic E-state index is -1.69. The molecule has 2 aromatic heterocycles. The number of halogens is 1. The minimum absolute atomic E-state index is 0.00930. The first-order valence-corrected chi connectivity index (χ1v) is 34.6. The normalized spacial score (nSPS) is 26.9. The maximum absolute atomic E-state index is 15.0. The molecule has 102 heavy (non-hydrogen) atoms. The molecule has 0 aliphatic carbocycles. The van der Waals surface area contributed by atoms with Crippen molar-refractivity contribution < 1.29 is 81.6 Å². The molecule has 5 aliphatic rings. The molecule has 4 saturated heterocycles. The molecule has 11 atom stereocenters. The Kier molecular flexibility index (Phi) is 27.0. The van der Waals surface area contributed by atoms with E-state index in [9.17, 15) is 63.0 Å². The topological polar surface area (TPSA) is 367 Å². The zero-order valence-corrected chi connectivity index (χ0v) is 59.4. The van der Waals surface area contributed by atoms with Crippen LogP contribution in [0.5, 0.6) is 5.75 Å². The van der Waals surface area contributed by atoms with E-state index in [1.165, 1.54) is 64.2 Å². The van der Waals surface area contributed by atoms with Crippen molar-refractivity contribution in [3.63, 3.8) is 0 Å². The lowest BCUT2D eigenvalue weighted by atomic mass is 9.94. The summed E-state index contributed by atoms with van der Waals surface area (Å²) in [6.45, 7) is 11.1. The van der Waals surface area contributed by atoms with Crippen LogP contribution in [0, 0.1) is 11.8 Å². The summed E-state index contributed by atoms with van der Waals surface area (Å²) >= 11 is 6.66. The molecule has 2 aromatic carbocycles. The number of aromatic hydroxyl groups is 1. The number of hydrogen-bond donors (Lipinski definition) is 6. The van der Waals surface area contributed by atoms with Gasteiger partial charge in [-0.25, -0.2) is 19.6 Å². The van der Waals surface area contributed by atoms with Gasteiger partial charge in [0.25, 0.3) is 11.8 Å². The van der Waals surface area contributed by atoms with Gasteiger partial charge in [-0.1, -0.05) is 106 Å². The van der Waals surface area contributed by atoms with Crippen molar-refractivity contribution >= 4 is 88.1 Å². The quantitative estimate of drug-likeness (QED) is 0.133. The maximum Gasteiger partial charge on any atom is 0.333 e. The zero-order chi connectivity index (χ0) is 74.2. The van der Waals surface area contributed by atoms with E-state index in [-0.39, 0.29) is 105 Å². The number of aliphatic hydroxyl groups excluding tert-OH is 1. The molecule has 2 bridgehead atoms. The number of hydrogen-bond acceptors (Lipinski definition) is 20. The number of carbonyl (C=O) groups excluding carboxylic acids is 12. The van der Waals surface area contributed by atoms with Gasteiger partial charge in [0.1, 0.15) is 72.0 Å². The number of anilines is 1. The largest absolute Gasteiger partial charge is 0.505 e. The molecule has 0 saturated carbocycles. The highest BCUT2D eigenvalue weighted by atomic mass is 35.5. The Morgan fingerprint density at radius 2 is 1.51 bits per heavy atom. The average molecular weight is 1430 g/mol. The lowest BCUT2D eigenvalue weighted by Gasteiger charge is -2.40. The predicted octanol–water partition coefficient (Wildman–Crippen LogP) is 4.46. The second-order valence-corrected chi connectivity index (χ2v) is 27.0. The number of amides is 8. The van der Waals surface area contributed by atoms with Gasteiger partial charge >= 0.3 is 11.9 Å². The lowest BCUT2D eigenvalue weighted by Crippen LogP contribution is -2.61. The standard InChI is InChI=1S/C45H53ClN8O10.C28H37N3O7/c1-6-30-42(60)53-20-11-14-32(53)43(61)52(5)34(23-26-16-17-31(51(3)4)29(46)22-26)44(62)54-21-18-28(55)24-33(54)39(57)50-37(27-12-8-7-9-13-27)45(63)64-25(2)36(40(58)48-30)49-41(59)38-35(56)15-10-19-47-38;1-17(2)26-19(4)9-10-24(34)29-11-5-7-18(3)13-20(32)14-21(33)15-25-30-22(16-37-25)27(35)31-12-6-8-23(31)28(36)38-26/h7-10,12-13,15-17,19,22,25,30,32-34,36-37,56H,6,11,14,18,20-21,23-24H2,1-5H3,(H,48,58)(H,49,59)(H,50,57);5,7,9-10,13,16-17,19-20,23,26,32H,6,8,11-12,14-15H2,1-4H3,(H,29,34)/b;7-5+,10-9+,18-13+/t25-,30-,32+,33+,34+,36+,37+;19-,20-,23-,26-/m11/s1. The van der Waals surface area contributed by atoms with Crippen molar-refractivity contribution in [2.24, 2.45) is 11.8 Å². The SMILES string of the molecule is CC1=C\[C@@H](O)CC(=O)Cc2nc(co2)C(=O)N2CCC[C@@H]2C(=O)O[C@H](C(C)C)[C@H](C)/C=C/C(=O)NC\C=C\1.CC[C@H]1NC(=O)[C@@H](NC(=O)c2ncccc2O)[C@@H](C)OC(=O)[C@H](c2ccccc2)NC(=O)[C@@H]2CC(=O)CCN2C(=O)[C@H](Cc2ccc(N(C)C)c(Cl)c2)N(C)C(=O)[C@@H]2CCCN2C1=O. The molecular weight excluding hydrogens is 1340 g/mol. The van der Waals surface area contributed by atoms with Crippen molar-refractivity contribution in [1.82, 2.24) is 50.8 Å². The van der Waals surface area contributed by atoms with Crippen molar-refractivity contribution in [2.75, 3.05) is 52.2 Å². The molecule has 5 aliphatic heterocycles. The number of esters is 2. The number of aliphatic hydroxyl groups is 1. The van der Waals surface area contributed by atoms with Crippen LogP contribution in [0.3, 0.4) is 0 Å². The first-order chi connectivity index (χ1) is 48.5. The number of benzene rings is 2. The Morgan fingerprint density at radius 3 is 2.20 bits per heavy atom. The van der Waals surface area contributed by atoms with Crippen LogP contribution in [-0.2, 0) is 70.3 Å². The molecular formula is C73H90ClN11O17. The van der Waals surface area contributed by atoms with Crippen LogP contribution in [0.2, 0.25) is 5.02 Å². The monoisotopic (exact) mass is 1430 g/mol. The van der Waals surface area contributed by atoms with E-state index in [4.69, 9.17) is 25.5 Å². The first kappa shape index (κ1) is 77.6. The summed E-state index contributed by atoms with van der Waals surface area (Å²) in [7, 11) is 5.10. The lowest BCUT2D eigenvalue weighted by molar-refractivity contribution is -0.158. The number of carbonyl (C=O) groups is 12. The van der Waals surface area contributed by atoms with E-state index in [0.717, 1.165) is 5.57 Å². The van der Waals surface area contributed by atoms with Crippen LogP contribution in [0.15, 0.2) is 113 Å². The molecule has 4 fully saturated rings. The molecule has 9 rings (SSSR count). The summed E-state index contributed by atoms with van der Waals surface area (Å²) in [6.07, 6.45) is 8.60. The fourth-order valence-electron chi connectivity index (χ4n) is 13.0. The second kappa shape index (κ2) is 35.5. The summed E-state index contributed by atoms with van der Waals surface area (Å²) in [4.78, 5) is 180. The number of nitrogens with one attached hydrogen (secondary N) is 4. The van der Waals surface area contributed by atoms with E-state index < -0.39 is 132 Å². The number of nitrogens with zero attached hydrogens (tertiary/aromatic N) is 7. The van der Waals surface area contributed by atoms with E-state index >= 15 is 4.79 Å². The molecule has 28 nitrogen and oxygen atoms in total. The number of Topliss-reactive ketones (excluding diaryl/α,β-unsaturated/α-hetero) is 2. The van der Waals surface area contributed by atoms with Crippen molar-refractivity contribution in [2.45, 2.75) is 166 Å². The van der Waals surface area contributed by atoms with E-state index in [2.05, 4.69) is 31.2 Å². The van der Waals surface area contributed by atoms with Gasteiger partial charge in [-0.15, -0.1) is 0 Å². The van der Waals surface area contributed by atoms with Gasteiger partial charge in [0.15, 0.2) is 17.4 Å². The van der Waals surface area contributed by atoms with Crippen LogP contribution < -0.4 is 26.2 Å². The molecule has 0 radical (unpaired) electrons. The molecule has 6 N–H and O–H groups in total. The fraction of sp³-hybridized carbons (Fsp3) is 0.479. The number of likely N-dealkylation sites (N-methyl/N-ethyl adjacent to an activating group) is 1. The molecule has 29 heteroatoms. The number of cyclic esters (lactones) is 2. The fourth-order valence-corrected chi connectivity index (χ4v) is 13.3. The number of rotatable bonds is 8. The van der Waals surface area contributed by atoms with Crippen LogP contribution in [-0.4, -0.2) is 212 Å². The smallest absolute Gasteiger partial charge is 0.333 e. The van der Waals surface area contributed by atoms with Crippen molar-refractivity contribution in [3.8, 4) is 5.75 Å². The summed E-state index contributed by atoms with van der Waals surface area (Å²) in [5.74, 6) is -8.25. The molecule has 8 amide bonds. The van der Waals surface area contributed by atoms with Crippen LogP contribution >= 0.6 is 11.6 Å². The van der Waals surface area contributed by atoms with Crippen LogP contribution in [0.1, 0.15) is 137 Å². The number of oxazole rings is 1. The highest BCUT2D eigenvalue weighted by Gasteiger charge is 2.47. The third-order valence-corrected chi connectivity index (χ3v) is 18.7. The summed E-state index contributed by atoms with van der Waals surface area (Å²) in [5, 5.41) is 31.6.